The summed E-state index contributed by atoms with van der Waals surface area (Å²) in [4.78, 5) is 0. The molecular weight excluding hydrogens is 198 g/mol. The molecule has 0 aliphatic heterocycles. The van der Waals surface area contributed by atoms with Crippen LogP contribution in [0.4, 0.5) is 17.6 Å². The second-order valence-corrected chi connectivity index (χ2v) is 2.98. The molecule has 0 aromatic heterocycles. The number of hydrogen-bond donors (Lipinski definition) is 1. The van der Waals surface area contributed by atoms with Crippen LogP contribution in [0.5, 0.6) is 0 Å². The van der Waals surface area contributed by atoms with E-state index in [4.69, 9.17) is 5.73 Å². The van der Waals surface area contributed by atoms with Crippen LogP contribution >= 0.6 is 0 Å². The highest BCUT2D eigenvalue weighted by atomic mass is 19.4. The average molecular weight is 207 g/mol. The molecule has 0 saturated heterocycles. The van der Waals surface area contributed by atoms with Crippen LogP contribution in [0.1, 0.15) is 5.56 Å². The summed E-state index contributed by atoms with van der Waals surface area (Å²) >= 11 is 0. The van der Waals surface area contributed by atoms with E-state index in [9.17, 15) is 17.6 Å². The predicted octanol–water partition coefficient (Wildman–Crippen LogP) is 2.26. The lowest BCUT2D eigenvalue weighted by Crippen LogP contribution is -2.39. The van der Waals surface area contributed by atoms with Crippen molar-refractivity contribution < 1.29 is 17.6 Å². The van der Waals surface area contributed by atoms with Gasteiger partial charge in [-0.05, 0) is 24.1 Å². The molecule has 1 nitrogen and oxygen atoms in total. The Bertz CT molecular complexity index is 291. The third-order valence-electron chi connectivity index (χ3n) is 1.79. The van der Waals surface area contributed by atoms with E-state index in [0.717, 1.165) is 12.1 Å². The van der Waals surface area contributed by atoms with Gasteiger partial charge >= 0.3 is 6.18 Å². The number of hydrogen-bond acceptors (Lipinski definition) is 1. The zero-order valence-electron chi connectivity index (χ0n) is 7.18. The molecule has 0 fully saturated rings. The second kappa shape index (κ2) is 3.96. The molecule has 0 unspecified atom stereocenters. The van der Waals surface area contributed by atoms with Crippen LogP contribution in [0.2, 0.25) is 0 Å². The molecular formula is C9H9F4N. The van der Waals surface area contributed by atoms with Crippen molar-refractivity contribution in [3.05, 3.63) is 35.6 Å². The largest absolute Gasteiger partial charge is 0.403 e. The van der Waals surface area contributed by atoms with E-state index in [2.05, 4.69) is 0 Å². The zero-order chi connectivity index (χ0) is 10.8. The molecule has 0 radical (unpaired) electrons. The van der Waals surface area contributed by atoms with E-state index in [0.29, 0.717) is 5.56 Å². The smallest absolute Gasteiger partial charge is 0.320 e. The maximum Gasteiger partial charge on any atom is 0.403 e. The molecule has 78 valence electrons. The van der Waals surface area contributed by atoms with Crippen molar-refractivity contribution in [1.29, 1.82) is 0 Å². The Morgan fingerprint density at radius 3 is 2.07 bits per heavy atom. The molecule has 0 saturated carbocycles. The number of nitrogens with two attached hydrogens (primary N) is 1. The van der Waals surface area contributed by atoms with Gasteiger partial charge in [-0.3, -0.25) is 0 Å². The third kappa shape index (κ3) is 2.99. The van der Waals surface area contributed by atoms with Crippen LogP contribution in [0.25, 0.3) is 0 Å². The highest BCUT2D eigenvalue weighted by Gasteiger charge is 2.36. The van der Waals surface area contributed by atoms with E-state index in [1.54, 1.807) is 0 Å². The summed E-state index contributed by atoms with van der Waals surface area (Å²) in [6, 6.07) is 2.91. The lowest BCUT2D eigenvalue weighted by molar-refractivity contribution is -0.147. The van der Waals surface area contributed by atoms with Gasteiger partial charge in [0, 0.05) is 0 Å². The quantitative estimate of drug-likeness (QED) is 0.739. The first-order valence-electron chi connectivity index (χ1n) is 3.96. The molecule has 2 N–H and O–H groups in total. The Morgan fingerprint density at radius 1 is 1.14 bits per heavy atom. The average Bonchev–Trinajstić information content (AvgIpc) is 2.07. The topological polar surface area (TPSA) is 26.0 Å². The molecule has 0 amide bonds. The molecule has 5 heteroatoms. The molecule has 1 rings (SSSR count). The fourth-order valence-electron chi connectivity index (χ4n) is 0.990. The van der Waals surface area contributed by atoms with Gasteiger partial charge in [-0.25, -0.2) is 4.39 Å². The summed E-state index contributed by atoms with van der Waals surface area (Å²) in [5.41, 5.74) is 5.27. The first-order valence-corrected chi connectivity index (χ1v) is 3.96. The lowest BCUT2D eigenvalue weighted by atomic mass is 10.1. The second-order valence-electron chi connectivity index (χ2n) is 2.98. The molecule has 0 bridgehead atoms. The summed E-state index contributed by atoms with van der Waals surface area (Å²) in [5.74, 6) is -0.477. The molecule has 0 aliphatic rings. The minimum Gasteiger partial charge on any atom is -0.320 e. The van der Waals surface area contributed by atoms with Crippen LogP contribution < -0.4 is 5.73 Å². The van der Waals surface area contributed by atoms with Crippen molar-refractivity contribution in [3.63, 3.8) is 0 Å². The lowest BCUT2D eigenvalue weighted by Gasteiger charge is -2.15. The van der Waals surface area contributed by atoms with Crippen LogP contribution in [-0.2, 0) is 6.42 Å². The number of rotatable bonds is 2. The third-order valence-corrected chi connectivity index (χ3v) is 1.79. The number of benzene rings is 1. The van der Waals surface area contributed by atoms with E-state index in [-0.39, 0.29) is 6.42 Å². The van der Waals surface area contributed by atoms with E-state index in [1.165, 1.54) is 12.1 Å². The van der Waals surface area contributed by atoms with Gasteiger partial charge in [-0.1, -0.05) is 12.1 Å². The van der Waals surface area contributed by atoms with Crippen LogP contribution in [0.3, 0.4) is 0 Å². The van der Waals surface area contributed by atoms with Gasteiger partial charge in [0.1, 0.15) is 11.9 Å². The maximum absolute atomic E-state index is 12.4. The Morgan fingerprint density at radius 2 is 1.64 bits per heavy atom. The Balaban J connectivity index is 2.65. The van der Waals surface area contributed by atoms with Crippen molar-refractivity contribution in [2.24, 2.45) is 5.73 Å². The molecule has 1 atom stereocenters. The summed E-state index contributed by atoms with van der Waals surface area (Å²) in [5, 5.41) is 0. The maximum atomic E-state index is 12.4. The van der Waals surface area contributed by atoms with Gasteiger partial charge in [0.15, 0.2) is 0 Å². The minimum absolute atomic E-state index is 0.330. The first kappa shape index (κ1) is 11.0. The SMILES string of the molecule is N[C@H](Cc1ccc(F)cc1)C(F)(F)F. The monoisotopic (exact) mass is 207 g/mol. The Kier molecular flexibility index (Phi) is 3.10. The Hall–Kier alpha value is -1.10. The summed E-state index contributed by atoms with van der Waals surface area (Å²) in [7, 11) is 0. The van der Waals surface area contributed by atoms with Crippen LogP contribution in [-0.4, -0.2) is 12.2 Å². The van der Waals surface area contributed by atoms with Crippen LogP contribution in [0.15, 0.2) is 24.3 Å². The van der Waals surface area contributed by atoms with Gasteiger partial charge in [-0.2, -0.15) is 13.2 Å². The fourth-order valence-corrected chi connectivity index (χ4v) is 0.990. The fraction of sp³-hybridized carbons (Fsp3) is 0.333. The standard InChI is InChI=1S/C9H9F4N/c10-7-3-1-6(2-4-7)5-8(14)9(11,12)13/h1-4,8H,5,14H2/t8-/m1/s1. The van der Waals surface area contributed by atoms with Crippen molar-refractivity contribution in [2.75, 3.05) is 0 Å². The van der Waals surface area contributed by atoms with Gasteiger partial charge in [0.25, 0.3) is 0 Å². The normalized spacial score (nSPS) is 14.1. The highest BCUT2D eigenvalue weighted by molar-refractivity contribution is 5.17. The molecule has 1 aromatic rings. The van der Waals surface area contributed by atoms with Crippen molar-refractivity contribution in [2.45, 2.75) is 18.6 Å². The molecule has 14 heavy (non-hydrogen) atoms. The van der Waals surface area contributed by atoms with Gasteiger partial charge in [-0.15, -0.1) is 0 Å². The first-order chi connectivity index (χ1) is 6.39. The molecule has 0 aliphatic carbocycles. The van der Waals surface area contributed by atoms with Crippen LogP contribution in [0, 0.1) is 5.82 Å². The van der Waals surface area contributed by atoms with Crippen molar-refractivity contribution in [1.82, 2.24) is 0 Å². The molecule has 0 heterocycles. The molecule has 1 aromatic carbocycles. The molecule has 0 spiro atoms. The van der Waals surface area contributed by atoms with Gasteiger partial charge in [0.2, 0.25) is 0 Å². The minimum atomic E-state index is -4.41. The van der Waals surface area contributed by atoms with E-state index in [1.807, 2.05) is 0 Å². The van der Waals surface area contributed by atoms with Gasteiger partial charge in [0.05, 0.1) is 0 Å². The summed E-state index contributed by atoms with van der Waals surface area (Å²) in [6.07, 6.45) is -4.74. The highest BCUT2D eigenvalue weighted by Crippen LogP contribution is 2.21. The summed E-state index contributed by atoms with van der Waals surface area (Å²) in [6.45, 7) is 0. The summed E-state index contributed by atoms with van der Waals surface area (Å²) < 4.78 is 48.4. The number of alkyl halides is 3. The zero-order valence-corrected chi connectivity index (χ0v) is 7.18. The van der Waals surface area contributed by atoms with E-state index < -0.39 is 18.0 Å². The van der Waals surface area contributed by atoms with E-state index >= 15 is 0 Å². The van der Waals surface area contributed by atoms with Crippen molar-refractivity contribution in [3.8, 4) is 0 Å². The Labute approximate surface area is 78.5 Å². The van der Waals surface area contributed by atoms with Crippen molar-refractivity contribution >= 4 is 0 Å². The number of halogens is 4. The van der Waals surface area contributed by atoms with Gasteiger partial charge < -0.3 is 5.73 Å². The predicted molar refractivity (Wildman–Crippen MR) is 44.1 cm³/mol.